The molecule has 1 N–H and O–H groups in total. The van der Waals surface area contributed by atoms with E-state index in [1.807, 2.05) is 0 Å². The predicted octanol–water partition coefficient (Wildman–Crippen LogP) is 4.26. The highest BCUT2D eigenvalue weighted by molar-refractivity contribution is 5.79. The van der Waals surface area contributed by atoms with E-state index in [0.717, 1.165) is 12.1 Å². The summed E-state index contributed by atoms with van der Waals surface area (Å²) in [6.07, 6.45) is -3.10. The summed E-state index contributed by atoms with van der Waals surface area (Å²) in [4.78, 5) is 24.8. The van der Waals surface area contributed by atoms with Gasteiger partial charge in [-0.3, -0.25) is 14.9 Å². The molecule has 0 bridgehead atoms. The molecule has 9 heteroatoms. The topological polar surface area (TPSA) is 75.5 Å². The Morgan fingerprint density at radius 3 is 2.31 bits per heavy atom. The number of alkyl halides is 3. The lowest BCUT2D eigenvalue weighted by Gasteiger charge is -2.33. The Labute approximate surface area is 165 Å². The van der Waals surface area contributed by atoms with Gasteiger partial charge in [0.1, 0.15) is 5.69 Å². The van der Waals surface area contributed by atoms with E-state index in [4.69, 9.17) is 0 Å². The first kappa shape index (κ1) is 20.6. The number of benzene rings is 2. The molecule has 6 nitrogen and oxygen atoms in total. The second kappa shape index (κ2) is 8.50. The van der Waals surface area contributed by atoms with Crippen molar-refractivity contribution in [2.45, 2.75) is 31.5 Å². The molecular weight excluding hydrogens is 387 g/mol. The molecule has 1 aliphatic heterocycles. The summed E-state index contributed by atoms with van der Waals surface area (Å²) < 4.78 is 37.8. The minimum atomic E-state index is -4.40. The van der Waals surface area contributed by atoms with Gasteiger partial charge in [-0.15, -0.1) is 0 Å². The fraction of sp³-hybridized carbons (Fsp3) is 0.350. The van der Waals surface area contributed by atoms with Crippen LogP contribution in [0.25, 0.3) is 0 Å². The van der Waals surface area contributed by atoms with Gasteiger partial charge < -0.3 is 10.2 Å². The van der Waals surface area contributed by atoms with Gasteiger partial charge in [-0.25, -0.2) is 0 Å². The van der Waals surface area contributed by atoms with Gasteiger partial charge in [0.05, 0.1) is 16.9 Å². The number of piperidine rings is 1. The minimum absolute atomic E-state index is 0.00576. The molecule has 0 unspecified atom stereocenters. The first-order chi connectivity index (χ1) is 13.7. The van der Waals surface area contributed by atoms with Crippen molar-refractivity contribution in [3.8, 4) is 0 Å². The summed E-state index contributed by atoms with van der Waals surface area (Å²) in [6.45, 7) is 0.968. The molecule has 0 saturated carbocycles. The third kappa shape index (κ3) is 5.24. The van der Waals surface area contributed by atoms with Crippen LogP contribution in [0.4, 0.5) is 24.5 Å². The Kier molecular flexibility index (Phi) is 6.05. The SMILES string of the molecule is O=C(Cc1ccc(C(F)(F)F)cc1)N1CCC(Nc2ccccc2[N+](=O)[O-])CC1. The molecule has 154 valence electrons. The molecule has 2 aromatic carbocycles. The van der Waals surface area contributed by atoms with Crippen molar-refractivity contribution in [3.05, 3.63) is 69.8 Å². The standard InChI is InChI=1S/C20H20F3N3O3/c21-20(22,23)15-7-5-14(6-8-15)13-19(27)25-11-9-16(10-12-25)24-17-3-1-2-4-18(17)26(28)29/h1-8,16,24H,9-13H2. The van der Waals surface area contributed by atoms with Crippen molar-refractivity contribution in [2.24, 2.45) is 0 Å². The van der Waals surface area contributed by atoms with E-state index >= 15 is 0 Å². The van der Waals surface area contributed by atoms with Crippen LogP contribution in [0.3, 0.4) is 0 Å². The fourth-order valence-electron chi connectivity index (χ4n) is 3.35. The first-order valence-corrected chi connectivity index (χ1v) is 9.18. The number of hydrogen-bond donors (Lipinski definition) is 1. The van der Waals surface area contributed by atoms with E-state index in [2.05, 4.69) is 5.32 Å². The number of likely N-dealkylation sites (tertiary alicyclic amines) is 1. The van der Waals surface area contributed by atoms with Crippen molar-refractivity contribution >= 4 is 17.3 Å². The molecule has 0 aromatic heterocycles. The highest BCUT2D eigenvalue weighted by Gasteiger charge is 2.30. The molecule has 0 aliphatic carbocycles. The smallest absolute Gasteiger partial charge is 0.377 e. The van der Waals surface area contributed by atoms with Crippen molar-refractivity contribution < 1.29 is 22.9 Å². The number of nitro groups is 1. The maximum Gasteiger partial charge on any atom is 0.416 e. The van der Waals surface area contributed by atoms with E-state index in [1.165, 1.54) is 18.2 Å². The summed E-state index contributed by atoms with van der Waals surface area (Å²) in [5.74, 6) is -0.145. The van der Waals surface area contributed by atoms with Gasteiger partial charge in [-0.1, -0.05) is 24.3 Å². The van der Waals surface area contributed by atoms with Crippen LogP contribution in [0.15, 0.2) is 48.5 Å². The second-order valence-corrected chi connectivity index (χ2v) is 6.95. The zero-order valence-corrected chi connectivity index (χ0v) is 15.5. The zero-order chi connectivity index (χ0) is 21.0. The Morgan fingerprint density at radius 1 is 1.10 bits per heavy atom. The summed E-state index contributed by atoms with van der Waals surface area (Å²) in [6, 6.07) is 11.0. The van der Waals surface area contributed by atoms with Crippen LogP contribution in [-0.4, -0.2) is 34.9 Å². The first-order valence-electron chi connectivity index (χ1n) is 9.18. The fourth-order valence-corrected chi connectivity index (χ4v) is 3.35. The van der Waals surface area contributed by atoms with Gasteiger partial charge in [-0.05, 0) is 36.6 Å². The lowest BCUT2D eigenvalue weighted by Crippen LogP contribution is -2.43. The number of nitro benzene ring substituents is 1. The van der Waals surface area contributed by atoms with E-state index in [9.17, 15) is 28.1 Å². The molecule has 0 atom stereocenters. The van der Waals surface area contributed by atoms with Crippen LogP contribution in [0, 0.1) is 10.1 Å². The van der Waals surface area contributed by atoms with E-state index < -0.39 is 16.7 Å². The predicted molar refractivity (Wildman–Crippen MR) is 101 cm³/mol. The molecule has 29 heavy (non-hydrogen) atoms. The van der Waals surface area contributed by atoms with Crippen molar-refractivity contribution in [1.29, 1.82) is 0 Å². The van der Waals surface area contributed by atoms with Crippen LogP contribution in [0.2, 0.25) is 0 Å². The Bertz CT molecular complexity index is 877. The number of rotatable bonds is 5. The van der Waals surface area contributed by atoms with Crippen LogP contribution in [0.1, 0.15) is 24.0 Å². The molecule has 3 rings (SSSR count). The molecule has 2 aromatic rings. The number of halogens is 3. The Balaban J connectivity index is 1.53. The highest BCUT2D eigenvalue weighted by atomic mass is 19.4. The van der Waals surface area contributed by atoms with Crippen LogP contribution in [0.5, 0.6) is 0 Å². The average Bonchev–Trinajstić information content (AvgIpc) is 2.68. The van der Waals surface area contributed by atoms with Crippen molar-refractivity contribution in [1.82, 2.24) is 4.90 Å². The van der Waals surface area contributed by atoms with Gasteiger partial charge in [0, 0.05) is 25.2 Å². The van der Waals surface area contributed by atoms with Gasteiger partial charge in [0.25, 0.3) is 5.69 Å². The molecule has 1 aliphatic rings. The highest BCUT2D eigenvalue weighted by Crippen LogP contribution is 2.29. The van der Waals surface area contributed by atoms with Crippen molar-refractivity contribution in [2.75, 3.05) is 18.4 Å². The van der Waals surface area contributed by atoms with Crippen LogP contribution >= 0.6 is 0 Å². The van der Waals surface area contributed by atoms with Gasteiger partial charge in [0.2, 0.25) is 5.91 Å². The number of anilines is 1. The third-order valence-electron chi connectivity index (χ3n) is 4.94. The normalized spacial score (nSPS) is 15.2. The summed E-state index contributed by atoms with van der Waals surface area (Å²) >= 11 is 0. The number of carbonyl (C=O) groups is 1. The summed E-state index contributed by atoms with van der Waals surface area (Å²) in [5, 5.41) is 14.3. The molecule has 0 radical (unpaired) electrons. The van der Waals surface area contributed by atoms with Gasteiger partial charge in [-0.2, -0.15) is 13.2 Å². The largest absolute Gasteiger partial charge is 0.416 e. The number of hydrogen-bond acceptors (Lipinski definition) is 4. The molecular formula is C20H20F3N3O3. The number of nitrogens with zero attached hydrogens (tertiary/aromatic N) is 2. The number of nitrogens with one attached hydrogen (secondary N) is 1. The quantitative estimate of drug-likeness (QED) is 0.594. The number of carbonyl (C=O) groups excluding carboxylic acids is 1. The average molecular weight is 407 g/mol. The molecule has 1 fully saturated rings. The lowest BCUT2D eigenvalue weighted by atomic mass is 10.0. The maximum atomic E-state index is 12.6. The van der Waals surface area contributed by atoms with E-state index in [-0.39, 0.29) is 24.1 Å². The van der Waals surface area contributed by atoms with Crippen LogP contribution < -0.4 is 5.32 Å². The maximum absolute atomic E-state index is 12.6. The Morgan fingerprint density at radius 2 is 1.72 bits per heavy atom. The summed E-state index contributed by atoms with van der Waals surface area (Å²) in [5.41, 5.74) is 0.249. The van der Waals surface area contributed by atoms with Crippen molar-refractivity contribution in [3.63, 3.8) is 0 Å². The summed E-state index contributed by atoms with van der Waals surface area (Å²) in [7, 11) is 0. The monoisotopic (exact) mass is 407 g/mol. The number of para-hydroxylation sites is 2. The van der Waals surface area contributed by atoms with E-state index in [1.54, 1.807) is 23.1 Å². The molecule has 1 saturated heterocycles. The lowest BCUT2D eigenvalue weighted by molar-refractivity contribution is -0.384. The van der Waals surface area contributed by atoms with Gasteiger partial charge >= 0.3 is 6.18 Å². The number of amides is 1. The molecule has 1 amide bonds. The van der Waals surface area contributed by atoms with Gasteiger partial charge in [0.15, 0.2) is 0 Å². The zero-order valence-electron chi connectivity index (χ0n) is 15.5. The minimum Gasteiger partial charge on any atom is -0.377 e. The van der Waals surface area contributed by atoms with E-state index in [0.29, 0.717) is 37.2 Å². The van der Waals surface area contributed by atoms with Crippen LogP contribution in [-0.2, 0) is 17.4 Å². The second-order valence-electron chi connectivity index (χ2n) is 6.95. The molecule has 1 heterocycles. The Hall–Kier alpha value is -3.10. The molecule has 0 spiro atoms. The third-order valence-corrected chi connectivity index (χ3v) is 4.94.